The van der Waals surface area contributed by atoms with Gasteiger partial charge in [0.25, 0.3) is 0 Å². The molecule has 1 radical (unpaired) electrons. The summed E-state index contributed by atoms with van der Waals surface area (Å²) in [4.78, 5) is 11.2. The van der Waals surface area contributed by atoms with Crippen LogP contribution in [0.2, 0.25) is 0 Å². The van der Waals surface area contributed by atoms with Crippen molar-refractivity contribution in [2.24, 2.45) is 0 Å². The van der Waals surface area contributed by atoms with Crippen LogP contribution < -0.4 is 0 Å². The van der Waals surface area contributed by atoms with Crippen molar-refractivity contribution in [1.29, 1.82) is 0 Å². The number of benzene rings is 1. The Morgan fingerprint density at radius 2 is 2.18 bits per heavy atom. The Labute approximate surface area is 101 Å². The Balaban J connectivity index is 2.82. The lowest BCUT2D eigenvalue weighted by Crippen LogP contribution is -2.33. The number of nitrogens with zero attached hydrogens (tertiary/aromatic N) is 1. The molecule has 93 valence electrons. The minimum absolute atomic E-state index is 0.0341. The first-order valence-corrected chi connectivity index (χ1v) is 6.51. The topological polar surface area (TPSA) is 63.7 Å². The highest BCUT2D eigenvalue weighted by Gasteiger charge is 2.23. The molecule has 1 aromatic rings. The van der Waals surface area contributed by atoms with Crippen molar-refractivity contribution < 1.29 is 17.9 Å². The highest BCUT2D eigenvalue weighted by Crippen LogP contribution is 2.12. The highest BCUT2D eigenvalue weighted by molar-refractivity contribution is 7.89. The molecule has 0 spiro atoms. The van der Waals surface area contributed by atoms with E-state index in [1.165, 1.54) is 19.2 Å². The quantitative estimate of drug-likeness (QED) is 0.726. The fourth-order valence-electron chi connectivity index (χ4n) is 1.18. The molecule has 0 fully saturated rings. The van der Waals surface area contributed by atoms with Crippen LogP contribution in [0.4, 0.5) is 0 Å². The Morgan fingerprint density at radius 3 is 2.71 bits per heavy atom. The van der Waals surface area contributed by atoms with Crippen LogP contribution >= 0.6 is 0 Å². The third kappa shape index (κ3) is 3.54. The summed E-state index contributed by atoms with van der Waals surface area (Å²) >= 11 is 0. The van der Waals surface area contributed by atoms with E-state index in [1.807, 2.05) is 0 Å². The van der Waals surface area contributed by atoms with E-state index in [2.05, 4.69) is 10.8 Å². The maximum absolute atomic E-state index is 12.0. The second-order valence-electron chi connectivity index (χ2n) is 3.29. The van der Waals surface area contributed by atoms with Gasteiger partial charge in [0.05, 0.1) is 11.5 Å². The number of carbonyl (C=O) groups excluding carboxylic acids is 1. The molecule has 0 heterocycles. The Bertz CT molecular complexity index is 470. The summed E-state index contributed by atoms with van der Waals surface area (Å²) in [6, 6.07) is 8.82. The molecular weight excluding hydrogens is 242 g/mol. The number of hydrogen-bond donors (Lipinski definition) is 0. The van der Waals surface area contributed by atoms with E-state index in [0.717, 1.165) is 4.31 Å². The predicted molar refractivity (Wildman–Crippen MR) is 61.7 cm³/mol. The van der Waals surface area contributed by atoms with Gasteiger partial charge in [0.1, 0.15) is 6.54 Å². The second kappa shape index (κ2) is 5.79. The standard InChI is InChI=1S/C11H14NO4S/c1-3-16-11(13)9-12(2)17(14,15)10-7-5-4-6-8-10/h4-7H,3,9H2,1-2H3. The molecular formula is C11H14NO4S. The molecule has 0 aliphatic rings. The first-order chi connectivity index (χ1) is 7.98. The van der Waals surface area contributed by atoms with E-state index in [4.69, 9.17) is 0 Å². The molecule has 0 saturated heterocycles. The van der Waals surface area contributed by atoms with E-state index < -0.39 is 16.0 Å². The summed E-state index contributed by atoms with van der Waals surface area (Å²) < 4.78 is 29.5. The van der Waals surface area contributed by atoms with Crippen molar-refractivity contribution in [2.75, 3.05) is 20.2 Å². The van der Waals surface area contributed by atoms with Crippen LogP contribution in [0, 0.1) is 6.07 Å². The van der Waals surface area contributed by atoms with E-state index in [0.29, 0.717) is 0 Å². The molecule has 0 N–H and O–H groups in total. The molecule has 0 atom stereocenters. The number of ether oxygens (including phenoxy) is 1. The summed E-state index contributed by atoms with van der Waals surface area (Å²) in [5, 5.41) is 0. The number of hydrogen-bond acceptors (Lipinski definition) is 4. The minimum atomic E-state index is -3.68. The van der Waals surface area contributed by atoms with Crippen LogP contribution in [-0.2, 0) is 19.6 Å². The van der Waals surface area contributed by atoms with Crippen LogP contribution in [0.5, 0.6) is 0 Å². The van der Waals surface area contributed by atoms with Crippen molar-refractivity contribution in [2.45, 2.75) is 11.8 Å². The summed E-state index contributed by atoms with van der Waals surface area (Å²) in [6.07, 6.45) is 0. The molecule has 0 aliphatic heterocycles. The summed E-state index contributed by atoms with van der Waals surface area (Å²) in [5.41, 5.74) is 0. The minimum Gasteiger partial charge on any atom is -0.465 e. The van der Waals surface area contributed by atoms with Gasteiger partial charge in [-0.1, -0.05) is 18.2 Å². The van der Waals surface area contributed by atoms with Crippen molar-refractivity contribution in [3.63, 3.8) is 0 Å². The van der Waals surface area contributed by atoms with Gasteiger partial charge in [-0.15, -0.1) is 0 Å². The molecule has 0 saturated carbocycles. The third-order valence-electron chi connectivity index (χ3n) is 2.03. The summed E-state index contributed by atoms with van der Waals surface area (Å²) in [7, 11) is -2.35. The molecule has 1 rings (SSSR count). The summed E-state index contributed by atoms with van der Waals surface area (Å²) in [5.74, 6) is -0.575. The monoisotopic (exact) mass is 256 g/mol. The average Bonchev–Trinajstić information content (AvgIpc) is 2.30. The molecule has 0 amide bonds. The zero-order valence-electron chi connectivity index (χ0n) is 9.71. The van der Waals surface area contributed by atoms with E-state index in [9.17, 15) is 13.2 Å². The maximum Gasteiger partial charge on any atom is 0.321 e. The molecule has 5 nitrogen and oxygen atoms in total. The lowest BCUT2D eigenvalue weighted by Gasteiger charge is -2.15. The SMILES string of the molecule is CCOC(=O)CN(C)S(=O)(=O)c1[c]cccc1. The molecule has 0 aromatic heterocycles. The molecule has 17 heavy (non-hydrogen) atoms. The normalized spacial score (nSPS) is 11.5. The second-order valence-corrected chi connectivity index (χ2v) is 5.31. The molecule has 6 heteroatoms. The Hall–Kier alpha value is -1.40. The van der Waals surface area contributed by atoms with E-state index in [-0.39, 0.29) is 18.0 Å². The van der Waals surface area contributed by atoms with Crippen molar-refractivity contribution in [3.8, 4) is 0 Å². The zero-order chi connectivity index (χ0) is 12.9. The molecule has 1 aromatic carbocycles. The predicted octanol–water partition coefficient (Wildman–Crippen LogP) is 0.670. The Morgan fingerprint density at radius 1 is 1.47 bits per heavy atom. The van der Waals surface area contributed by atoms with Crippen LogP contribution in [0.3, 0.4) is 0 Å². The maximum atomic E-state index is 12.0. The average molecular weight is 256 g/mol. The number of carbonyl (C=O) groups is 1. The first kappa shape index (κ1) is 13.7. The fourth-order valence-corrected chi connectivity index (χ4v) is 2.26. The lowest BCUT2D eigenvalue weighted by atomic mass is 10.4. The van der Waals surface area contributed by atoms with Crippen LogP contribution in [0.1, 0.15) is 6.92 Å². The highest BCUT2D eigenvalue weighted by atomic mass is 32.2. The van der Waals surface area contributed by atoms with Crippen molar-refractivity contribution in [3.05, 3.63) is 30.3 Å². The number of esters is 1. The molecule has 0 bridgehead atoms. The van der Waals surface area contributed by atoms with Crippen molar-refractivity contribution in [1.82, 2.24) is 4.31 Å². The fraction of sp³-hybridized carbons (Fsp3) is 0.364. The van der Waals surface area contributed by atoms with Crippen LogP contribution in [-0.4, -0.2) is 38.9 Å². The van der Waals surface area contributed by atoms with Gasteiger partial charge in [0, 0.05) is 13.1 Å². The van der Waals surface area contributed by atoms with Gasteiger partial charge in [-0.25, -0.2) is 8.42 Å². The first-order valence-electron chi connectivity index (χ1n) is 5.07. The van der Waals surface area contributed by atoms with Gasteiger partial charge >= 0.3 is 5.97 Å². The third-order valence-corrected chi connectivity index (χ3v) is 3.79. The van der Waals surface area contributed by atoms with Gasteiger partial charge in [0.2, 0.25) is 10.0 Å². The van der Waals surface area contributed by atoms with Gasteiger partial charge in [-0.3, -0.25) is 4.79 Å². The molecule has 0 unspecified atom stereocenters. The Kier molecular flexibility index (Phi) is 4.65. The van der Waals surface area contributed by atoms with Gasteiger partial charge < -0.3 is 4.74 Å². The lowest BCUT2D eigenvalue weighted by molar-refractivity contribution is -0.143. The van der Waals surface area contributed by atoms with Gasteiger partial charge in [0.15, 0.2) is 0 Å². The van der Waals surface area contributed by atoms with Crippen molar-refractivity contribution >= 4 is 16.0 Å². The zero-order valence-corrected chi connectivity index (χ0v) is 10.5. The summed E-state index contributed by atoms with van der Waals surface area (Å²) in [6.45, 7) is 1.58. The van der Waals surface area contributed by atoms with Gasteiger partial charge in [-0.2, -0.15) is 4.31 Å². The largest absolute Gasteiger partial charge is 0.465 e. The van der Waals surface area contributed by atoms with Gasteiger partial charge in [-0.05, 0) is 13.0 Å². The van der Waals surface area contributed by atoms with Crippen LogP contribution in [0.15, 0.2) is 29.2 Å². The number of sulfonamides is 1. The van der Waals surface area contributed by atoms with Crippen LogP contribution in [0.25, 0.3) is 0 Å². The smallest absolute Gasteiger partial charge is 0.321 e. The number of rotatable bonds is 5. The van der Waals surface area contributed by atoms with E-state index >= 15 is 0 Å². The molecule has 0 aliphatic carbocycles. The van der Waals surface area contributed by atoms with E-state index in [1.54, 1.807) is 19.1 Å². The number of likely N-dealkylation sites (N-methyl/N-ethyl adjacent to an activating group) is 1.